The van der Waals surface area contributed by atoms with Crippen LogP contribution in [0.25, 0.3) is 11.0 Å². The standard InChI is InChI=1S/C23H27NO4.ClH/c1-15(2)24-13-18(25)14-27-19-9-10-20-16(3)21(23(26)28-22(20)12-19)11-17-7-5-4-6-8-17;/h4-10,12,15,18,24-25H,11,13-14H2,1-3H3;1H. The molecule has 6 heteroatoms. The molecular formula is C23H28ClNO4. The summed E-state index contributed by atoms with van der Waals surface area (Å²) in [6.45, 7) is 6.61. The summed E-state index contributed by atoms with van der Waals surface area (Å²) in [4.78, 5) is 12.5. The molecular weight excluding hydrogens is 390 g/mol. The second kappa shape index (κ2) is 10.4. The van der Waals surface area contributed by atoms with Crippen molar-refractivity contribution >= 4 is 23.4 Å². The Labute approximate surface area is 177 Å². The van der Waals surface area contributed by atoms with Gasteiger partial charge in [-0.25, -0.2) is 4.79 Å². The van der Waals surface area contributed by atoms with Gasteiger partial charge in [-0.05, 0) is 30.2 Å². The molecule has 0 spiro atoms. The van der Waals surface area contributed by atoms with E-state index in [1.54, 1.807) is 6.07 Å². The SMILES string of the molecule is Cc1c(Cc2ccccc2)c(=O)oc2cc(OCC(O)CNC(C)C)ccc12.Cl. The Hall–Kier alpha value is -2.34. The fourth-order valence-electron chi connectivity index (χ4n) is 3.09. The number of hydrogen-bond donors (Lipinski definition) is 2. The van der Waals surface area contributed by atoms with Crippen LogP contribution in [0.15, 0.2) is 57.7 Å². The molecule has 0 radical (unpaired) electrons. The minimum absolute atomic E-state index is 0. The van der Waals surface area contributed by atoms with Crippen LogP contribution in [0.3, 0.4) is 0 Å². The van der Waals surface area contributed by atoms with E-state index in [4.69, 9.17) is 9.15 Å². The summed E-state index contributed by atoms with van der Waals surface area (Å²) >= 11 is 0. The molecule has 0 fully saturated rings. The van der Waals surface area contributed by atoms with Crippen molar-refractivity contribution in [3.63, 3.8) is 0 Å². The Bertz CT molecular complexity index is 985. The Kier molecular flexibility index (Phi) is 8.26. The molecule has 29 heavy (non-hydrogen) atoms. The molecule has 1 aromatic heterocycles. The normalized spacial score (nSPS) is 12.0. The topological polar surface area (TPSA) is 71.7 Å². The van der Waals surface area contributed by atoms with Crippen LogP contribution < -0.4 is 15.7 Å². The van der Waals surface area contributed by atoms with E-state index in [2.05, 4.69) is 5.32 Å². The minimum Gasteiger partial charge on any atom is -0.491 e. The molecule has 3 aromatic rings. The molecule has 0 saturated heterocycles. The predicted octanol–water partition coefficient (Wildman–Crippen LogP) is 3.85. The maximum Gasteiger partial charge on any atom is 0.340 e. The number of aliphatic hydroxyl groups is 1. The number of ether oxygens (including phenoxy) is 1. The van der Waals surface area contributed by atoms with Gasteiger partial charge in [0.25, 0.3) is 0 Å². The Morgan fingerprint density at radius 3 is 2.55 bits per heavy atom. The summed E-state index contributed by atoms with van der Waals surface area (Å²) in [5.41, 5.74) is 2.82. The summed E-state index contributed by atoms with van der Waals surface area (Å²) in [6.07, 6.45) is -0.0711. The number of nitrogens with one attached hydrogen (secondary N) is 1. The van der Waals surface area contributed by atoms with Gasteiger partial charge in [-0.15, -0.1) is 12.4 Å². The van der Waals surface area contributed by atoms with E-state index in [-0.39, 0.29) is 24.6 Å². The summed E-state index contributed by atoms with van der Waals surface area (Å²) in [6, 6.07) is 15.6. The molecule has 1 heterocycles. The zero-order chi connectivity index (χ0) is 20.1. The van der Waals surface area contributed by atoms with Crippen LogP contribution in [-0.2, 0) is 6.42 Å². The highest BCUT2D eigenvalue weighted by Gasteiger charge is 2.13. The number of benzene rings is 2. The van der Waals surface area contributed by atoms with Gasteiger partial charge in [-0.3, -0.25) is 0 Å². The Balaban J connectivity index is 0.00000300. The van der Waals surface area contributed by atoms with E-state index in [1.165, 1.54) is 0 Å². The lowest BCUT2D eigenvalue weighted by Crippen LogP contribution is -2.35. The summed E-state index contributed by atoms with van der Waals surface area (Å²) in [5.74, 6) is 0.564. The largest absolute Gasteiger partial charge is 0.491 e. The van der Waals surface area contributed by atoms with Gasteiger partial charge < -0.3 is 19.6 Å². The molecule has 0 bridgehead atoms. The van der Waals surface area contributed by atoms with E-state index in [9.17, 15) is 9.90 Å². The fraction of sp³-hybridized carbons (Fsp3) is 0.348. The first kappa shape index (κ1) is 22.9. The third-order valence-corrected chi connectivity index (χ3v) is 4.69. The Morgan fingerprint density at radius 2 is 1.86 bits per heavy atom. The van der Waals surface area contributed by atoms with Crippen LogP contribution in [0.1, 0.15) is 30.5 Å². The summed E-state index contributed by atoms with van der Waals surface area (Å²) in [5, 5.41) is 14.0. The zero-order valence-corrected chi connectivity index (χ0v) is 17.8. The van der Waals surface area contributed by atoms with Gasteiger partial charge >= 0.3 is 5.63 Å². The highest BCUT2D eigenvalue weighted by molar-refractivity contribution is 5.85. The van der Waals surface area contributed by atoms with Crippen LogP contribution in [0.4, 0.5) is 0 Å². The van der Waals surface area contributed by atoms with Gasteiger partial charge in [0, 0.05) is 36.0 Å². The molecule has 1 atom stereocenters. The fourth-order valence-corrected chi connectivity index (χ4v) is 3.09. The van der Waals surface area contributed by atoms with Crippen molar-refractivity contribution in [2.45, 2.75) is 39.3 Å². The number of aryl methyl sites for hydroxylation is 1. The van der Waals surface area contributed by atoms with Crippen LogP contribution in [0, 0.1) is 6.92 Å². The molecule has 0 saturated carbocycles. The average molecular weight is 418 g/mol. The molecule has 156 valence electrons. The first-order chi connectivity index (χ1) is 13.4. The average Bonchev–Trinajstić information content (AvgIpc) is 2.68. The van der Waals surface area contributed by atoms with Gasteiger partial charge in [0.1, 0.15) is 24.0 Å². The maximum atomic E-state index is 12.5. The predicted molar refractivity (Wildman–Crippen MR) is 118 cm³/mol. The van der Waals surface area contributed by atoms with E-state index >= 15 is 0 Å². The second-order valence-electron chi connectivity index (χ2n) is 7.34. The first-order valence-electron chi connectivity index (χ1n) is 9.58. The second-order valence-corrected chi connectivity index (χ2v) is 7.34. The van der Waals surface area contributed by atoms with E-state index < -0.39 is 6.10 Å². The van der Waals surface area contributed by atoms with Gasteiger partial charge in [-0.2, -0.15) is 0 Å². The molecule has 0 aliphatic rings. The molecule has 5 nitrogen and oxygen atoms in total. The van der Waals surface area contributed by atoms with Crippen LogP contribution >= 0.6 is 12.4 Å². The van der Waals surface area contributed by atoms with Gasteiger partial charge in [0.2, 0.25) is 0 Å². The van der Waals surface area contributed by atoms with Gasteiger partial charge in [0.05, 0.1) is 0 Å². The van der Waals surface area contributed by atoms with E-state index in [0.717, 1.165) is 16.5 Å². The zero-order valence-electron chi connectivity index (χ0n) is 17.0. The first-order valence-corrected chi connectivity index (χ1v) is 9.58. The van der Waals surface area contributed by atoms with Gasteiger partial charge in [-0.1, -0.05) is 44.2 Å². The number of fused-ring (bicyclic) bond motifs is 1. The van der Waals surface area contributed by atoms with Crippen molar-refractivity contribution in [2.24, 2.45) is 0 Å². The third kappa shape index (κ3) is 6.07. The molecule has 0 aliphatic heterocycles. The van der Waals surface area contributed by atoms with E-state index in [1.807, 2.05) is 63.2 Å². The number of hydrogen-bond acceptors (Lipinski definition) is 5. The summed E-state index contributed by atoms with van der Waals surface area (Å²) < 4.78 is 11.2. The van der Waals surface area contributed by atoms with Gasteiger partial charge in [0.15, 0.2) is 0 Å². The minimum atomic E-state index is -0.611. The number of aliphatic hydroxyl groups excluding tert-OH is 1. The lowest BCUT2D eigenvalue weighted by molar-refractivity contribution is 0.104. The van der Waals surface area contributed by atoms with Crippen molar-refractivity contribution < 1.29 is 14.3 Å². The molecule has 0 aliphatic carbocycles. The van der Waals surface area contributed by atoms with Crippen LogP contribution in [-0.4, -0.2) is 30.4 Å². The summed E-state index contributed by atoms with van der Waals surface area (Å²) in [7, 11) is 0. The van der Waals surface area contributed by atoms with Crippen LogP contribution in [0.2, 0.25) is 0 Å². The number of rotatable bonds is 8. The van der Waals surface area contributed by atoms with E-state index in [0.29, 0.717) is 35.9 Å². The van der Waals surface area contributed by atoms with Crippen molar-refractivity contribution in [1.82, 2.24) is 5.32 Å². The third-order valence-electron chi connectivity index (χ3n) is 4.69. The quantitative estimate of drug-likeness (QED) is 0.544. The lowest BCUT2D eigenvalue weighted by atomic mass is 10.00. The number of halogens is 1. The lowest BCUT2D eigenvalue weighted by Gasteiger charge is -2.15. The Morgan fingerprint density at radius 1 is 1.14 bits per heavy atom. The smallest absolute Gasteiger partial charge is 0.340 e. The monoisotopic (exact) mass is 417 g/mol. The van der Waals surface area contributed by atoms with Crippen molar-refractivity contribution in [3.8, 4) is 5.75 Å². The molecule has 2 aromatic carbocycles. The van der Waals surface area contributed by atoms with Crippen molar-refractivity contribution in [1.29, 1.82) is 0 Å². The highest BCUT2D eigenvalue weighted by atomic mass is 35.5. The molecule has 1 unspecified atom stereocenters. The molecule has 2 N–H and O–H groups in total. The molecule has 3 rings (SSSR count). The maximum absolute atomic E-state index is 12.5. The van der Waals surface area contributed by atoms with Crippen LogP contribution in [0.5, 0.6) is 5.75 Å². The van der Waals surface area contributed by atoms with Crippen molar-refractivity contribution in [3.05, 3.63) is 75.6 Å². The van der Waals surface area contributed by atoms with Crippen molar-refractivity contribution in [2.75, 3.05) is 13.2 Å². The molecule has 0 amide bonds. The highest BCUT2D eigenvalue weighted by Crippen LogP contribution is 2.25.